The molecule has 1 atom stereocenters. The third-order valence-corrected chi connectivity index (χ3v) is 7.27. The number of carbonyl (C=O) groups is 1. The Bertz CT molecular complexity index is 1790. The second-order valence-corrected chi connectivity index (χ2v) is 9.78. The zero-order valence-corrected chi connectivity index (χ0v) is 22.8. The summed E-state index contributed by atoms with van der Waals surface area (Å²) in [5, 5.41) is 0. The van der Waals surface area contributed by atoms with Crippen LogP contribution >= 0.6 is 11.3 Å². The molecule has 0 unspecified atom stereocenters. The largest absolute Gasteiger partial charge is 0.497 e. The zero-order chi connectivity index (χ0) is 28.1. The number of hydrogen-bond donors (Lipinski definition) is 0. The van der Waals surface area contributed by atoms with E-state index in [1.165, 1.54) is 11.3 Å². The molecule has 1 aliphatic rings. The predicted molar refractivity (Wildman–Crippen MR) is 155 cm³/mol. The molecule has 0 radical (unpaired) electrons. The van der Waals surface area contributed by atoms with E-state index in [1.54, 1.807) is 36.8 Å². The molecule has 0 fully saturated rings. The smallest absolute Gasteiger partial charge is 0.338 e. The second-order valence-electron chi connectivity index (χ2n) is 8.77. The van der Waals surface area contributed by atoms with Gasteiger partial charge in [0.1, 0.15) is 18.1 Å². The molecule has 40 heavy (non-hydrogen) atoms. The predicted octanol–water partition coefficient (Wildman–Crippen LogP) is 3.96. The normalized spacial score (nSPS) is 14.6. The highest BCUT2D eigenvalue weighted by molar-refractivity contribution is 7.07. The fourth-order valence-corrected chi connectivity index (χ4v) is 5.50. The zero-order valence-electron chi connectivity index (χ0n) is 22.0. The molecule has 1 aromatic heterocycles. The third kappa shape index (κ3) is 5.33. The summed E-state index contributed by atoms with van der Waals surface area (Å²) in [5.74, 6) is 3.15. The van der Waals surface area contributed by atoms with Gasteiger partial charge in [0, 0.05) is 5.56 Å². The van der Waals surface area contributed by atoms with Crippen LogP contribution in [0.2, 0.25) is 0 Å². The number of methoxy groups -OCH3 is 1. The molecule has 2 heterocycles. The van der Waals surface area contributed by atoms with E-state index < -0.39 is 12.0 Å². The highest BCUT2D eigenvalue weighted by atomic mass is 32.1. The number of terminal acetylenes is 1. The lowest BCUT2D eigenvalue weighted by Gasteiger charge is -2.26. The standard InChI is InChI=1S/C32H26N2O5S/c1-4-18-39-24-16-14-21(15-17-24)19-26-30(35)34-29(23-12-9-13-25(20-23)37-3)27(31(36)38-5-2)28(33-32(34)40-26)22-10-7-6-8-11-22/h1,6-17,19-20,29H,5,18H2,2-3H3/t29-/m0/s1. The maximum Gasteiger partial charge on any atom is 0.338 e. The van der Waals surface area contributed by atoms with Crippen molar-refractivity contribution >= 4 is 29.1 Å². The summed E-state index contributed by atoms with van der Waals surface area (Å²) in [6.45, 7) is 2.11. The fourth-order valence-electron chi connectivity index (χ4n) is 4.50. The average molecular weight is 551 g/mol. The monoisotopic (exact) mass is 550 g/mol. The van der Waals surface area contributed by atoms with Crippen LogP contribution in [0.15, 0.2) is 94.2 Å². The summed E-state index contributed by atoms with van der Waals surface area (Å²) in [7, 11) is 1.57. The van der Waals surface area contributed by atoms with E-state index in [9.17, 15) is 9.59 Å². The van der Waals surface area contributed by atoms with Crippen LogP contribution in [0.5, 0.6) is 11.5 Å². The molecule has 0 saturated heterocycles. The first kappa shape index (κ1) is 26.7. The van der Waals surface area contributed by atoms with Crippen LogP contribution in [-0.2, 0) is 9.53 Å². The van der Waals surface area contributed by atoms with Gasteiger partial charge in [-0.25, -0.2) is 9.79 Å². The van der Waals surface area contributed by atoms with Gasteiger partial charge in [0.2, 0.25) is 0 Å². The van der Waals surface area contributed by atoms with Crippen LogP contribution in [-0.4, -0.2) is 30.9 Å². The minimum Gasteiger partial charge on any atom is -0.497 e. The molecule has 0 N–H and O–H groups in total. The molecule has 8 heteroatoms. The van der Waals surface area contributed by atoms with Crippen LogP contribution in [0, 0.1) is 12.3 Å². The summed E-state index contributed by atoms with van der Waals surface area (Å²) in [5.41, 5.74) is 2.75. The number of benzene rings is 3. The minimum absolute atomic E-state index is 0.175. The lowest BCUT2D eigenvalue weighted by atomic mass is 9.93. The van der Waals surface area contributed by atoms with Crippen molar-refractivity contribution in [3.63, 3.8) is 0 Å². The molecule has 200 valence electrons. The Morgan fingerprint density at radius 3 is 2.55 bits per heavy atom. The molecule has 0 saturated carbocycles. The van der Waals surface area contributed by atoms with Gasteiger partial charge in [-0.2, -0.15) is 0 Å². The van der Waals surface area contributed by atoms with Crippen molar-refractivity contribution in [1.29, 1.82) is 0 Å². The topological polar surface area (TPSA) is 79.1 Å². The lowest BCUT2D eigenvalue weighted by molar-refractivity contribution is -0.138. The lowest BCUT2D eigenvalue weighted by Crippen LogP contribution is -2.40. The van der Waals surface area contributed by atoms with E-state index in [0.717, 1.165) is 11.1 Å². The summed E-state index contributed by atoms with van der Waals surface area (Å²) in [6.07, 6.45) is 7.07. The van der Waals surface area contributed by atoms with Crippen molar-refractivity contribution in [2.75, 3.05) is 20.3 Å². The third-order valence-electron chi connectivity index (χ3n) is 6.28. The molecule has 0 spiro atoms. The Hall–Kier alpha value is -4.87. The molecule has 4 aromatic rings. The number of esters is 1. The van der Waals surface area contributed by atoms with Gasteiger partial charge in [0.05, 0.1) is 35.6 Å². The average Bonchev–Trinajstić information content (AvgIpc) is 3.30. The molecule has 0 bridgehead atoms. The van der Waals surface area contributed by atoms with Crippen molar-refractivity contribution in [3.05, 3.63) is 121 Å². The maximum absolute atomic E-state index is 14.0. The van der Waals surface area contributed by atoms with Crippen molar-refractivity contribution < 1.29 is 19.0 Å². The Morgan fingerprint density at radius 1 is 1.07 bits per heavy atom. The first-order valence-corrected chi connectivity index (χ1v) is 13.4. The fraction of sp³-hybridized carbons (Fsp3) is 0.156. The number of hydrogen-bond acceptors (Lipinski definition) is 7. The van der Waals surface area contributed by atoms with Crippen LogP contribution in [0.25, 0.3) is 11.8 Å². The van der Waals surface area contributed by atoms with Crippen LogP contribution < -0.4 is 24.4 Å². The first-order valence-electron chi connectivity index (χ1n) is 12.6. The minimum atomic E-state index is -0.776. The van der Waals surface area contributed by atoms with Gasteiger partial charge in [-0.05, 0) is 48.4 Å². The van der Waals surface area contributed by atoms with Gasteiger partial charge in [0.25, 0.3) is 5.56 Å². The summed E-state index contributed by atoms with van der Waals surface area (Å²) in [4.78, 5) is 32.8. The van der Waals surface area contributed by atoms with Crippen LogP contribution in [0.1, 0.15) is 29.7 Å². The molecular weight excluding hydrogens is 524 g/mol. The van der Waals surface area contributed by atoms with Crippen molar-refractivity contribution in [2.45, 2.75) is 13.0 Å². The molecule has 0 amide bonds. The van der Waals surface area contributed by atoms with Crippen molar-refractivity contribution in [3.8, 4) is 23.8 Å². The first-order chi connectivity index (χ1) is 19.5. The quantitative estimate of drug-likeness (QED) is 0.245. The summed E-state index contributed by atoms with van der Waals surface area (Å²) < 4.78 is 18.5. The number of thiazole rings is 1. The number of aromatic nitrogens is 1. The molecule has 1 aliphatic heterocycles. The van der Waals surface area contributed by atoms with Gasteiger partial charge in [0.15, 0.2) is 4.80 Å². The highest BCUT2D eigenvalue weighted by Crippen LogP contribution is 2.36. The van der Waals surface area contributed by atoms with Gasteiger partial charge >= 0.3 is 5.97 Å². The molecule has 5 rings (SSSR count). The summed E-state index contributed by atoms with van der Waals surface area (Å²) >= 11 is 1.26. The van der Waals surface area contributed by atoms with E-state index in [4.69, 9.17) is 25.6 Å². The number of ether oxygens (including phenoxy) is 3. The Kier molecular flexibility index (Phi) is 7.94. The second kappa shape index (κ2) is 11.9. The number of nitrogens with zero attached hydrogens (tertiary/aromatic N) is 2. The van der Waals surface area contributed by atoms with Crippen LogP contribution in [0.4, 0.5) is 0 Å². The van der Waals surface area contributed by atoms with E-state index >= 15 is 0 Å². The van der Waals surface area contributed by atoms with Gasteiger partial charge in [-0.1, -0.05) is 71.9 Å². The van der Waals surface area contributed by atoms with E-state index in [0.29, 0.717) is 32.1 Å². The van der Waals surface area contributed by atoms with Gasteiger partial charge in [-0.15, -0.1) is 6.42 Å². The summed E-state index contributed by atoms with van der Waals surface area (Å²) in [6, 6.07) is 23.3. The molecule has 0 aliphatic carbocycles. The number of rotatable bonds is 8. The highest BCUT2D eigenvalue weighted by Gasteiger charge is 2.35. The number of carbonyl (C=O) groups excluding carboxylic acids is 1. The molecule has 7 nitrogen and oxygen atoms in total. The number of fused-ring (bicyclic) bond motifs is 1. The Labute approximate surface area is 235 Å². The maximum atomic E-state index is 14.0. The SMILES string of the molecule is C#CCOc1ccc(C=c2sc3n(c2=O)[C@@H](c2cccc(OC)c2)C(C(=O)OCC)=C(c2ccccc2)N=3)cc1. The molecule has 3 aromatic carbocycles. The van der Waals surface area contributed by atoms with Crippen molar-refractivity contribution in [2.24, 2.45) is 4.99 Å². The van der Waals surface area contributed by atoms with E-state index in [-0.39, 0.29) is 24.3 Å². The van der Waals surface area contributed by atoms with Gasteiger partial charge in [-0.3, -0.25) is 9.36 Å². The van der Waals surface area contributed by atoms with Crippen LogP contribution in [0.3, 0.4) is 0 Å². The Balaban J connectivity index is 1.75. The molecular formula is C32H26N2O5S. The Morgan fingerprint density at radius 2 is 1.85 bits per heavy atom. The van der Waals surface area contributed by atoms with E-state index in [2.05, 4.69) is 5.92 Å². The van der Waals surface area contributed by atoms with E-state index in [1.807, 2.05) is 66.7 Å². The van der Waals surface area contributed by atoms with Crippen molar-refractivity contribution in [1.82, 2.24) is 4.57 Å². The van der Waals surface area contributed by atoms with Gasteiger partial charge < -0.3 is 14.2 Å².